The van der Waals surface area contributed by atoms with Crippen LogP contribution < -0.4 is 11.1 Å². The van der Waals surface area contributed by atoms with Crippen molar-refractivity contribution in [2.24, 2.45) is 0 Å². The lowest BCUT2D eigenvalue weighted by Gasteiger charge is -2.14. The number of aryl methyl sites for hydroxylation is 2. The van der Waals surface area contributed by atoms with E-state index in [1.54, 1.807) is 18.2 Å². The smallest absolute Gasteiger partial charge is 0.398 e. The van der Waals surface area contributed by atoms with Gasteiger partial charge in [-0.25, -0.2) is 0 Å². The van der Waals surface area contributed by atoms with Crippen molar-refractivity contribution in [2.75, 3.05) is 11.1 Å². The van der Waals surface area contributed by atoms with Crippen molar-refractivity contribution in [1.29, 1.82) is 0 Å². The summed E-state index contributed by atoms with van der Waals surface area (Å²) in [5.41, 5.74) is 7.90. The number of benzene rings is 2. The Balaban J connectivity index is 2.32. The zero-order valence-electron chi connectivity index (χ0n) is 11.2. The number of anilines is 3. The molecule has 0 fully saturated rings. The van der Waals surface area contributed by atoms with E-state index in [9.17, 15) is 13.2 Å². The molecule has 0 bridgehead atoms. The Morgan fingerprint density at radius 3 is 2.00 bits per heavy atom. The van der Waals surface area contributed by atoms with Gasteiger partial charge in [-0.3, -0.25) is 0 Å². The lowest BCUT2D eigenvalue weighted by atomic mass is 10.1. The second-order valence-electron chi connectivity index (χ2n) is 4.72. The van der Waals surface area contributed by atoms with Crippen LogP contribution in [0.1, 0.15) is 16.7 Å². The number of alkyl halides is 3. The molecule has 0 aliphatic rings. The molecule has 3 N–H and O–H groups in total. The number of nitrogen functional groups attached to an aromatic ring is 1. The van der Waals surface area contributed by atoms with Crippen molar-refractivity contribution in [2.45, 2.75) is 20.0 Å². The number of halogens is 3. The van der Waals surface area contributed by atoms with E-state index in [2.05, 4.69) is 5.32 Å². The maximum absolute atomic E-state index is 12.8. The van der Waals surface area contributed by atoms with Gasteiger partial charge >= 0.3 is 6.18 Å². The number of nitrogens with two attached hydrogens (primary N) is 1. The molecule has 0 aliphatic heterocycles. The Hall–Kier alpha value is -2.17. The highest BCUT2D eigenvalue weighted by Gasteiger charge is 2.32. The monoisotopic (exact) mass is 280 g/mol. The lowest BCUT2D eigenvalue weighted by molar-refractivity contribution is -0.138. The Labute approximate surface area is 115 Å². The SMILES string of the molecule is Cc1ccc(Nc2ccc(C)c(C(F)(F)F)c2)cc1N. The van der Waals surface area contributed by atoms with Gasteiger partial charge in [0.25, 0.3) is 0 Å². The van der Waals surface area contributed by atoms with E-state index >= 15 is 0 Å². The normalized spacial score (nSPS) is 11.4. The summed E-state index contributed by atoms with van der Waals surface area (Å²) < 4.78 is 38.5. The molecule has 0 unspecified atom stereocenters. The summed E-state index contributed by atoms with van der Waals surface area (Å²) >= 11 is 0. The molecule has 0 saturated heterocycles. The Kier molecular flexibility index (Phi) is 3.61. The molecule has 2 aromatic rings. The minimum Gasteiger partial charge on any atom is -0.398 e. The summed E-state index contributed by atoms with van der Waals surface area (Å²) in [6, 6.07) is 9.45. The molecular formula is C15H15F3N2. The van der Waals surface area contributed by atoms with Crippen LogP contribution in [0.2, 0.25) is 0 Å². The van der Waals surface area contributed by atoms with E-state index in [-0.39, 0.29) is 5.56 Å². The first-order valence-corrected chi connectivity index (χ1v) is 6.08. The highest BCUT2D eigenvalue weighted by Crippen LogP contribution is 2.34. The number of hydrogen-bond acceptors (Lipinski definition) is 2. The maximum atomic E-state index is 12.8. The minimum absolute atomic E-state index is 0.200. The van der Waals surface area contributed by atoms with Crippen LogP contribution in [0.3, 0.4) is 0 Å². The molecule has 0 amide bonds. The van der Waals surface area contributed by atoms with E-state index in [1.807, 2.05) is 13.0 Å². The second kappa shape index (κ2) is 5.07. The zero-order chi connectivity index (χ0) is 14.9. The largest absolute Gasteiger partial charge is 0.416 e. The summed E-state index contributed by atoms with van der Waals surface area (Å²) in [4.78, 5) is 0. The van der Waals surface area contributed by atoms with E-state index in [0.29, 0.717) is 17.1 Å². The van der Waals surface area contributed by atoms with Crippen LogP contribution in [0.15, 0.2) is 36.4 Å². The molecule has 0 heterocycles. The first kappa shape index (κ1) is 14.2. The van der Waals surface area contributed by atoms with Crippen LogP contribution >= 0.6 is 0 Å². The first-order valence-electron chi connectivity index (χ1n) is 6.08. The number of hydrogen-bond donors (Lipinski definition) is 2. The van der Waals surface area contributed by atoms with Gasteiger partial charge in [0, 0.05) is 17.1 Å². The van der Waals surface area contributed by atoms with Gasteiger partial charge in [0.2, 0.25) is 0 Å². The summed E-state index contributed by atoms with van der Waals surface area (Å²) in [5, 5.41) is 2.93. The fourth-order valence-electron chi connectivity index (χ4n) is 1.89. The molecule has 0 aromatic heterocycles. The fraction of sp³-hybridized carbons (Fsp3) is 0.200. The quantitative estimate of drug-likeness (QED) is 0.786. The predicted octanol–water partition coefficient (Wildman–Crippen LogP) is 4.65. The van der Waals surface area contributed by atoms with Gasteiger partial charge in [-0.15, -0.1) is 0 Å². The molecule has 2 nitrogen and oxygen atoms in total. The molecule has 0 spiro atoms. The fourth-order valence-corrected chi connectivity index (χ4v) is 1.89. The summed E-state index contributed by atoms with van der Waals surface area (Å²) in [6.45, 7) is 3.31. The van der Waals surface area contributed by atoms with Crippen molar-refractivity contribution in [1.82, 2.24) is 0 Å². The molecule has 20 heavy (non-hydrogen) atoms. The van der Waals surface area contributed by atoms with E-state index in [0.717, 1.165) is 11.6 Å². The zero-order valence-corrected chi connectivity index (χ0v) is 11.2. The van der Waals surface area contributed by atoms with Crippen LogP contribution in [0, 0.1) is 13.8 Å². The van der Waals surface area contributed by atoms with E-state index in [1.165, 1.54) is 13.0 Å². The van der Waals surface area contributed by atoms with E-state index < -0.39 is 11.7 Å². The molecule has 5 heteroatoms. The Morgan fingerprint density at radius 1 is 0.900 bits per heavy atom. The van der Waals surface area contributed by atoms with Crippen molar-refractivity contribution in [3.05, 3.63) is 53.1 Å². The van der Waals surface area contributed by atoms with Gasteiger partial charge in [0.05, 0.1) is 5.56 Å². The molecule has 0 radical (unpaired) electrons. The summed E-state index contributed by atoms with van der Waals surface area (Å²) in [6.07, 6.45) is -4.35. The van der Waals surface area contributed by atoms with Gasteiger partial charge in [0.1, 0.15) is 0 Å². The molecular weight excluding hydrogens is 265 g/mol. The molecule has 0 atom stereocenters. The van der Waals surface area contributed by atoms with Crippen LogP contribution in [-0.4, -0.2) is 0 Å². The van der Waals surface area contributed by atoms with Crippen LogP contribution in [0.5, 0.6) is 0 Å². The average molecular weight is 280 g/mol. The summed E-state index contributed by atoms with van der Waals surface area (Å²) in [5.74, 6) is 0. The Morgan fingerprint density at radius 2 is 1.45 bits per heavy atom. The molecule has 0 aliphatic carbocycles. The second-order valence-corrected chi connectivity index (χ2v) is 4.72. The van der Waals surface area contributed by atoms with Gasteiger partial charge < -0.3 is 11.1 Å². The predicted molar refractivity (Wildman–Crippen MR) is 75.1 cm³/mol. The highest BCUT2D eigenvalue weighted by atomic mass is 19.4. The molecule has 2 rings (SSSR count). The third-order valence-corrected chi connectivity index (χ3v) is 3.11. The van der Waals surface area contributed by atoms with Gasteiger partial charge in [-0.1, -0.05) is 12.1 Å². The maximum Gasteiger partial charge on any atom is 0.416 e. The van der Waals surface area contributed by atoms with Crippen LogP contribution in [0.4, 0.5) is 30.2 Å². The number of rotatable bonds is 2. The van der Waals surface area contributed by atoms with Gasteiger partial charge in [-0.2, -0.15) is 13.2 Å². The minimum atomic E-state index is -4.35. The van der Waals surface area contributed by atoms with Crippen LogP contribution in [0.25, 0.3) is 0 Å². The van der Waals surface area contributed by atoms with Crippen molar-refractivity contribution >= 4 is 17.1 Å². The van der Waals surface area contributed by atoms with E-state index in [4.69, 9.17) is 5.73 Å². The molecule has 2 aromatic carbocycles. The van der Waals surface area contributed by atoms with Gasteiger partial charge in [0.15, 0.2) is 0 Å². The Bertz CT molecular complexity index is 634. The lowest BCUT2D eigenvalue weighted by Crippen LogP contribution is -2.08. The molecule has 0 saturated carbocycles. The highest BCUT2D eigenvalue weighted by molar-refractivity contribution is 5.66. The molecule has 106 valence electrons. The average Bonchev–Trinajstić information content (AvgIpc) is 2.35. The van der Waals surface area contributed by atoms with Gasteiger partial charge in [-0.05, 0) is 49.2 Å². The topological polar surface area (TPSA) is 38.0 Å². The third kappa shape index (κ3) is 3.04. The van der Waals surface area contributed by atoms with Crippen molar-refractivity contribution in [3.63, 3.8) is 0 Å². The van der Waals surface area contributed by atoms with Crippen molar-refractivity contribution < 1.29 is 13.2 Å². The first-order chi connectivity index (χ1) is 9.27. The van der Waals surface area contributed by atoms with Crippen molar-refractivity contribution in [3.8, 4) is 0 Å². The van der Waals surface area contributed by atoms with Crippen LogP contribution in [-0.2, 0) is 6.18 Å². The number of nitrogens with one attached hydrogen (secondary N) is 1. The standard InChI is InChI=1S/C15H15F3N2/c1-9-3-5-11(7-13(9)15(16,17)18)20-12-6-4-10(2)14(19)8-12/h3-8,20H,19H2,1-2H3. The summed E-state index contributed by atoms with van der Waals surface area (Å²) in [7, 11) is 0. The third-order valence-electron chi connectivity index (χ3n) is 3.11.